The topological polar surface area (TPSA) is 111 Å². The van der Waals surface area contributed by atoms with Gasteiger partial charge in [0.15, 0.2) is 11.6 Å². The SMILES string of the molecule is Nc1nccc(C(=O)Nc2ccc([N+](=O)[O-])cc2Br)c1F. The summed E-state index contributed by atoms with van der Waals surface area (Å²) in [6.07, 6.45) is 1.21. The molecule has 1 heterocycles. The molecule has 0 saturated carbocycles. The van der Waals surface area contributed by atoms with Gasteiger partial charge in [0.25, 0.3) is 11.6 Å². The number of nitro benzene ring substituents is 1. The number of nitro groups is 1. The monoisotopic (exact) mass is 354 g/mol. The fraction of sp³-hybridized carbons (Fsp3) is 0. The van der Waals surface area contributed by atoms with Gasteiger partial charge in [0.2, 0.25) is 0 Å². The van der Waals surface area contributed by atoms with Crippen LogP contribution in [0.1, 0.15) is 10.4 Å². The Balaban J connectivity index is 2.28. The van der Waals surface area contributed by atoms with Crippen molar-refractivity contribution in [1.29, 1.82) is 0 Å². The van der Waals surface area contributed by atoms with Gasteiger partial charge in [0.1, 0.15) is 0 Å². The maximum absolute atomic E-state index is 13.7. The van der Waals surface area contributed by atoms with Gasteiger partial charge < -0.3 is 11.1 Å². The van der Waals surface area contributed by atoms with Crippen LogP contribution in [0.25, 0.3) is 0 Å². The lowest BCUT2D eigenvalue weighted by Crippen LogP contribution is -2.15. The largest absolute Gasteiger partial charge is 0.381 e. The predicted octanol–water partition coefficient (Wildman–Crippen LogP) is 2.73. The molecule has 0 unspecified atom stereocenters. The zero-order valence-corrected chi connectivity index (χ0v) is 11.9. The number of pyridine rings is 1. The Morgan fingerprint density at radius 1 is 1.43 bits per heavy atom. The Bertz CT molecular complexity index is 738. The Labute approximate surface area is 126 Å². The minimum atomic E-state index is -0.923. The van der Waals surface area contributed by atoms with Crippen molar-refractivity contribution in [3.05, 3.63) is 56.4 Å². The number of non-ortho nitro benzene ring substituents is 1. The predicted molar refractivity (Wildman–Crippen MR) is 77.4 cm³/mol. The van der Waals surface area contributed by atoms with Crippen LogP contribution in [-0.2, 0) is 0 Å². The second-order valence-corrected chi connectivity index (χ2v) is 4.79. The summed E-state index contributed by atoms with van der Waals surface area (Å²) < 4.78 is 14.0. The first-order valence-corrected chi connectivity index (χ1v) is 6.34. The number of nitrogens with zero attached hydrogens (tertiary/aromatic N) is 2. The van der Waals surface area contributed by atoms with Crippen LogP contribution < -0.4 is 11.1 Å². The Hall–Kier alpha value is -2.55. The van der Waals surface area contributed by atoms with Gasteiger partial charge in [-0.05, 0) is 28.1 Å². The lowest BCUT2D eigenvalue weighted by molar-refractivity contribution is -0.384. The Kier molecular flexibility index (Phi) is 4.13. The lowest BCUT2D eigenvalue weighted by atomic mass is 10.2. The molecule has 0 aliphatic rings. The molecule has 9 heteroatoms. The smallest absolute Gasteiger partial charge is 0.270 e. The zero-order chi connectivity index (χ0) is 15.6. The third-order valence-corrected chi connectivity index (χ3v) is 3.23. The average Bonchev–Trinajstić information content (AvgIpc) is 2.43. The highest BCUT2D eigenvalue weighted by atomic mass is 79.9. The van der Waals surface area contributed by atoms with E-state index in [0.29, 0.717) is 4.47 Å². The molecule has 0 bridgehead atoms. The van der Waals surface area contributed by atoms with Gasteiger partial charge in [-0.15, -0.1) is 0 Å². The third kappa shape index (κ3) is 3.14. The van der Waals surface area contributed by atoms with Crippen LogP contribution in [0.5, 0.6) is 0 Å². The lowest BCUT2D eigenvalue weighted by Gasteiger charge is -2.08. The molecule has 0 spiro atoms. The molecular weight excluding hydrogens is 347 g/mol. The van der Waals surface area contributed by atoms with Gasteiger partial charge in [0, 0.05) is 22.8 Å². The third-order valence-electron chi connectivity index (χ3n) is 2.57. The van der Waals surface area contributed by atoms with E-state index in [1.54, 1.807) is 0 Å². The van der Waals surface area contributed by atoms with Crippen LogP contribution in [0, 0.1) is 15.9 Å². The molecule has 2 aromatic rings. The van der Waals surface area contributed by atoms with E-state index in [4.69, 9.17) is 5.73 Å². The van der Waals surface area contributed by atoms with Crippen molar-refractivity contribution in [2.75, 3.05) is 11.1 Å². The summed E-state index contributed by atoms with van der Waals surface area (Å²) in [6, 6.07) is 4.97. The van der Waals surface area contributed by atoms with Crippen molar-refractivity contribution in [3.63, 3.8) is 0 Å². The number of carbonyl (C=O) groups is 1. The van der Waals surface area contributed by atoms with Gasteiger partial charge in [-0.1, -0.05) is 0 Å². The summed E-state index contributed by atoms with van der Waals surface area (Å²) >= 11 is 3.10. The molecule has 0 fully saturated rings. The number of carbonyl (C=O) groups excluding carboxylic acids is 1. The average molecular weight is 355 g/mol. The first-order chi connectivity index (χ1) is 9.90. The van der Waals surface area contributed by atoms with Crippen molar-refractivity contribution >= 4 is 39.0 Å². The molecule has 2 rings (SSSR count). The summed E-state index contributed by atoms with van der Waals surface area (Å²) in [7, 11) is 0. The van der Waals surface area contributed by atoms with Crippen LogP contribution in [0.4, 0.5) is 21.6 Å². The first kappa shape index (κ1) is 14.9. The number of rotatable bonds is 3. The highest BCUT2D eigenvalue weighted by Gasteiger charge is 2.17. The van der Waals surface area contributed by atoms with E-state index in [-0.39, 0.29) is 22.8 Å². The molecule has 1 aromatic heterocycles. The number of anilines is 2. The summed E-state index contributed by atoms with van der Waals surface area (Å²) in [6.45, 7) is 0. The molecule has 7 nitrogen and oxygen atoms in total. The second-order valence-electron chi connectivity index (χ2n) is 3.93. The Morgan fingerprint density at radius 2 is 2.14 bits per heavy atom. The van der Waals surface area contributed by atoms with Crippen molar-refractivity contribution < 1.29 is 14.1 Å². The van der Waals surface area contributed by atoms with Crippen LogP contribution in [-0.4, -0.2) is 15.8 Å². The normalized spacial score (nSPS) is 10.2. The number of nitrogens with two attached hydrogens (primary N) is 1. The molecular formula is C12H8BrFN4O3. The number of benzene rings is 1. The van der Waals surface area contributed by atoms with E-state index in [1.807, 2.05) is 0 Å². The summed E-state index contributed by atoms with van der Waals surface area (Å²) in [5.74, 6) is -2.05. The molecule has 21 heavy (non-hydrogen) atoms. The van der Waals surface area contributed by atoms with E-state index in [2.05, 4.69) is 26.2 Å². The number of hydrogen-bond acceptors (Lipinski definition) is 5. The molecule has 0 radical (unpaired) electrons. The van der Waals surface area contributed by atoms with Gasteiger partial charge >= 0.3 is 0 Å². The van der Waals surface area contributed by atoms with Gasteiger partial charge in [0.05, 0.1) is 16.2 Å². The standard InChI is InChI=1S/C12H8BrFN4O3/c13-8-5-6(18(20)21)1-2-9(8)17-12(19)7-3-4-16-11(15)10(7)14/h1-5H,(H2,15,16)(H,17,19). The van der Waals surface area contributed by atoms with E-state index >= 15 is 0 Å². The highest BCUT2D eigenvalue weighted by molar-refractivity contribution is 9.10. The summed E-state index contributed by atoms with van der Waals surface area (Å²) in [5, 5.41) is 13.0. The van der Waals surface area contributed by atoms with Crippen molar-refractivity contribution in [1.82, 2.24) is 4.98 Å². The quantitative estimate of drug-likeness (QED) is 0.650. The second kappa shape index (κ2) is 5.83. The van der Waals surface area contributed by atoms with E-state index < -0.39 is 16.6 Å². The van der Waals surface area contributed by atoms with Crippen LogP contribution in [0.3, 0.4) is 0 Å². The fourth-order valence-electron chi connectivity index (χ4n) is 1.54. The maximum atomic E-state index is 13.7. The number of nitrogen functional groups attached to an aromatic ring is 1. The number of nitrogens with one attached hydrogen (secondary N) is 1. The molecule has 0 atom stereocenters. The molecule has 0 aliphatic carbocycles. The highest BCUT2D eigenvalue weighted by Crippen LogP contribution is 2.27. The number of hydrogen-bond donors (Lipinski definition) is 2. The molecule has 0 saturated heterocycles. The number of amides is 1. The Morgan fingerprint density at radius 3 is 2.76 bits per heavy atom. The first-order valence-electron chi connectivity index (χ1n) is 5.55. The minimum Gasteiger partial charge on any atom is -0.381 e. The van der Waals surface area contributed by atoms with Crippen molar-refractivity contribution in [2.45, 2.75) is 0 Å². The molecule has 3 N–H and O–H groups in total. The van der Waals surface area contributed by atoms with Crippen LogP contribution in [0.2, 0.25) is 0 Å². The molecule has 1 aromatic carbocycles. The van der Waals surface area contributed by atoms with Gasteiger partial charge in [-0.2, -0.15) is 0 Å². The van der Waals surface area contributed by atoms with E-state index in [9.17, 15) is 19.3 Å². The molecule has 0 aliphatic heterocycles. The minimum absolute atomic E-state index is 0.140. The summed E-state index contributed by atoms with van der Waals surface area (Å²) in [4.78, 5) is 25.5. The van der Waals surface area contributed by atoms with E-state index in [1.165, 1.54) is 30.5 Å². The van der Waals surface area contributed by atoms with Crippen molar-refractivity contribution in [3.8, 4) is 0 Å². The van der Waals surface area contributed by atoms with Crippen molar-refractivity contribution in [2.24, 2.45) is 0 Å². The van der Waals surface area contributed by atoms with Gasteiger partial charge in [-0.25, -0.2) is 9.37 Å². The summed E-state index contributed by atoms with van der Waals surface area (Å²) in [5.41, 5.74) is 5.14. The van der Waals surface area contributed by atoms with Crippen LogP contribution >= 0.6 is 15.9 Å². The number of halogens is 2. The van der Waals surface area contributed by atoms with E-state index in [0.717, 1.165) is 0 Å². The fourth-order valence-corrected chi connectivity index (χ4v) is 2.01. The molecule has 1 amide bonds. The van der Waals surface area contributed by atoms with Crippen LogP contribution in [0.15, 0.2) is 34.9 Å². The molecule has 108 valence electrons. The maximum Gasteiger partial charge on any atom is 0.270 e. The number of aromatic nitrogens is 1. The zero-order valence-electron chi connectivity index (χ0n) is 10.3. The van der Waals surface area contributed by atoms with Gasteiger partial charge in [-0.3, -0.25) is 14.9 Å².